The Balaban J connectivity index is 1.93. The minimum Gasteiger partial charge on any atom is -0.408 e. The first-order valence-corrected chi connectivity index (χ1v) is 5.26. The van der Waals surface area contributed by atoms with Crippen LogP contribution < -0.4 is 0 Å². The van der Waals surface area contributed by atoms with Gasteiger partial charge in [0.15, 0.2) is 0 Å². The normalized spacial score (nSPS) is 26.3. The first-order valence-electron chi connectivity index (χ1n) is 5.26. The maximum atomic E-state index is 9.10. The predicted octanol–water partition coefficient (Wildman–Crippen LogP) is 0.0988. The number of ether oxygens (including phenoxy) is 1. The lowest BCUT2D eigenvalue weighted by Crippen LogP contribution is -2.45. The summed E-state index contributed by atoms with van der Waals surface area (Å²) in [4.78, 5) is 5.34. The van der Waals surface area contributed by atoms with Gasteiger partial charge in [0.2, 0.25) is 6.35 Å². The topological polar surface area (TPSA) is 65.3 Å². The van der Waals surface area contributed by atoms with Crippen molar-refractivity contribution in [2.24, 2.45) is 4.99 Å². The molecule has 1 aliphatic heterocycles. The van der Waals surface area contributed by atoms with E-state index in [0.29, 0.717) is 0 Å². The molecule has 0 bridgehead atoms. The third kappa shape index (κ3) is 2.59. The van der Waals surface area contributed by atoms with Gasteiger partial charge in [0.05, 0.1) is 6.10 Å². The van der Waals surface area contributed by atoms with Crippen molar-refractivity contribution in [3.05, 3.63) is 12.3 Å². The zero-order valence-corrected chi connectivity index (χ0v) is 8.49. The van der Waals surface area contributed by atoms with Crippen LogP contribution in [0.15, 0.2) is 17.3 Å². The molecule has 0 spiro atoms. The second kappa shape index (κ2) is 4.78. The van der Waals surface area contributed by atoms with Gasteiger partial charge in [0.25, 0.3) is 0 Å². The highest BCUT2D eigenvalue weighted by Crippen LogP contribution is 2.24. The van der Waals surface area contributed by atoms with Crippen LogP contribution in [0.4, 0.5) is 0 Å². The van der Waals surface area contributed by atoms with E-state index in [1.165, 1.54) is 17.7 Å². The molecule has 0 aromatic rings. The van der Waals surface area contributed by atoms with Crippen LogP contribution in [0.3, 0.4) is 0 Å². The fourth-order valence-corrected chi connectivity index (χ4v) is 1.90. The molecule has 1 aliphatic carbocycles. The fourth-order valence-electron chi connectivity index (χ4n) is 1.90. The van der Waals surface area contributed by atoms with Gasteiger partial charge in [0, 0.05) is 6.21 Å². The molecule has 1 unspecified atom stereocenters. The van der Waals surface area contributed by atoms with E-state index in [2.05, 4.69) is 4.99 Å². The Morgan fingerprint density at radius 1 is 1.33 bits per heavy atom. The van der Waals surface area contributed by atoms with Gasteiger partial charge >= 0.3 is 7.25 Å². The van der Waals surface area contributed by atoms with Gasteiger partial charge in [0.1, 0.15) is 0 Å². The third-order valence-electron chi connectivity index (χ3n) is 2.70. The minimum absolute atomic E-state index is 0.194. The molecule has 15 heavy (non-hydrogen) atoms. The molecular formula is C9H15BN2O3. The van der Waals surface area contributed by atoms with Gasteiger partial charge < -0.3 is 19.6 Å². The zero-order chi connectivity index (χ0) is 10.7. The molecule has 0 amide bonds. The van der Waals surface area contributed by atoms with E-state index in [1.54, 1.807) is 18.5 Å². The number of hydrogen-bond acceptors (Lipinski definition) is 5. The van der Waals surface area contributed by atoms with Crippen LogP contribution in [0.5, 0.6) is 0 Å². The van der Waals surface area contributed by atoms with E-state index >= 15 is 0 Å². The molecule has 0 aromatic carbocycles. The summed E-state index contributed by atoms with van der Waals surface area (Å²) in [6.07, 6.45) is 8.84. The Morgan fingerprint density at radius 3 is 2.73 bits per heavy atom. The molecule has 1 heterocycles. The Hall–Kier alpha value is -0.845. The van der Waals surface area contributed by atoms with Crippen molar-refractivity contribution in [3.8, 4) is 0 Å². The second-order valence-corrected chi connectivity index (χ2v) is 3.80. The number of hydrogen-bond donors (Lipinski definition) is 2. The lowest BCUT2D eigenvalue weighted by molar-refractivity contribution is -0.0577. The first kappa shape index (κ1) is 10.7. The van der Waals surface area contributed by atoms with E-state index in [4.69, 9.17) is 14.8 Å². The molecule has 5 nitrogen and oxygen atoms in total. The first-order chi connectivity index (χ1) is 7.27. The van der Waals surface area contributed by atoms with Gasteiger partial charge in [-0.05, 0) is 25.1 Å². The highest BCUT2D eigenvalue weighted by atomic mass is 16.5. The number of allylic oxidation sites excluding steroid dienone is 1. The van der Waals surface area contributed by atoms with Crippen LogP contribution in [-0.2, 0) is 4.74 Å². The third-order valence-corrected chi connectivity index (χ3v) is 2.70. The quantitative estimate of drug-likeness (QED) is 0.648. The number of rotatable bonds is 3. The van der Waals surface area contributed by atoms with Gasteiger partial charge in [-0.25, -0.2) is 4.99 Å². The standard InChI is InChI=1S/C9H15BN2O3/c13-10(14)12-7-3-6-11-9(12)15-8-4-1-2-5-8/h3,6-9,13-14H,1-2,4-5H2. The smallest absolute Gasteiger partial charge is 0.408 e. The Bertz CT molecular complexity index is 264. The largest absolute Gasteiger partial charge is 0.590 e. The Kier molecular flexibility index (Phi) is 3.40. The van der Waals surface area contributed by atoms with Gasteiger partial charge in [-0.3, -0.25) is 0 Å². The summed E-state index contributed by atoms with van der Waals surface area (Å²) in [5, 5.41) is 18.2. The van der Waals surface area contributed by atoms with Crippen LogP contribution in [-0.4, -0.2) is 40.8 Å². The van der Waals surface area contributed by atoms with Crippen LogP contribution >= 0.6 is 0 Å². The second-order valence-electron chi connectivity index (χ2n) is 3.80. The molecule has 1 saturated carbocycles. The molecule has 0 radical (unpaired) electrons. The van der Waals surface area contributed by atoms with Crippen molar-refractivity contribution in [1.29, 1.82) is 0 Å². The molecule has 0 aromatic heterocycles. The van der Waals surface area contributed by atoms with Gasteiger partial charge in [-0.1, -0.05) is 12.8 Å². The Morgan fingerprint density at radius 2 is 2.07 bits per heavy atom. The Labute approximate surface area is 89.2 Å². The average molecular weight is 210 g/mol. The minimum atomic E-state index is -1.56. The molecule has 2 N–H and O–H groups in total. The summed E-state index contributed by atoms with van der Waals surface area (Å²) in [5.74, 6) is 0. The molecule has 1 fully saturated rings. The van der Waals surface area contributed by atoms with Crippen molar-refractivity contribution in [3.63, 3.8) is 0 Å². The van der Waals surface area contributed by atoms with Crippen LogP contribution in [0.1, 0.15) is 25.7 Å². The maximum Gasteiger partial charge on any atom is 0.590 e. The highest BCUT2D eigenvalue weighted by molar-refractivity contribution is 6.38. The average Bonchev–Trinajstić information content (AvgIpc) is 2.71. The van der Waals surface area contributed by atoms with Crippen molar-refractivity contribution >= 4 is 13.5 Å². The monoisotopic (exact) mass is 210 g/mol. The summed E-state index contributed by atoms with van der Waals surface area (Å²) in [7, 11) is -1.56. The van der Waals surface area contributed by atoms with Crippen molar-refractivity contribution in [2.45, 2.75) is 38.1 Å². The van der Waals surface area contributed by atoms with Crippen molar-refractivity contribution < 1.29 is 14.8 Å². The van der Waals surface area contributed by atoms with Crippen LogP contribution in [0.2, 0.25) is 0 Å². The van der Waals surface area contributed by atoms with Gasteiger partial charge in [-0.2, -0.15) is 0 Å². The molecule has 1 atom stereocenters. The van der Waals surface area contributed by atoms with E-state index < -0.39 is 13.6 Å². The molecule has 82 valence electrons. The summed E-state index contributed by atoms with van der Waals surface area (Å²) < 4.78 is 5.68. The molecule has 6 heteroatoms. The van der Waals surface area contributed by atoms with Crippen molar-refractivity contribution in [2.75, 3.05) is 0 Å². The predicted molar refractivity (Wildman–Crippen MR) is 56.8 cm³/mol. The fraction of sp³-hybridized carbons (Fsp3) is 0.667. The van der Waals surface area contributed by atoms with Gasteiger partial charge in [-0.15, -0.1) is 0 Å². The van der Waals surface area contributed by atoms with E-state index in [1.807, 2.05) is 0 Å². The van der Waals surface area contributed by atoms with E-state index in [-0.39, 0.29) is 6.10 Å². The lowest BCUT2D eigenvalue weighted by atomic mass is 10.1. The van der Waals surface area contributed by atoms with E-state index in [9.17, 15) is 0 Å². The lowest BCUT2D eigenvalue weighted by Gasteiger charge is -2.30. The molecule has 0 saturated heterocycles. The summed E-state index contributed by atoms with van der Waals surface area (Å²) in [6, 6.07) is 0. The van der Waals surface area contributed by atoms with Crippen molar-refractivity contribution in [1.82, 2.24) is 4.81 Å². The molecular weight excluding hydrogens is 195 g/mol. The SMILES string of the molecule is OB(O)N1C=CC=NC1OC1CCCC1. The molecule has 2 rings (SSSR count). The van der Waals surface area contributed by atoms with Crippen LogP contribution in [0, 0.1) is 0 Å². The number of nitrogens with zero attached hydrogens (tertiary/aromatic N) is 2. The summed E-state index contributed by atoms with van der Waals surface area (Å²) in [5.41, 5.74) is 0. The zero-order valence-electron chi connectivity index (χ0n) is 8.49. The summed E-state index contributed by atoms with van der Waals surface area (Å²) in [6.45, 7) is 0. The van der Waals surface area contributed by atoms with Crippen LogP contribution in [0.25, 0.3) is 0 Å². The summed E-state index contributed by atoms with van der Waals surface area (Å²) >= 11 is 0. The molecule has 2 aliphatic rings. The number of aliphatic imine (C=N–C) groups is 1. The maximum absolute atomic E-state index is 9.10. The highest BCUT2D eigenvalue weighted by Gasteiger charge is 2.30. The van der Waals surface area contributed by atoms with E-state index in [0.717, 1.165) is 12.8 Å².